The van der Waals surface area contributed by atoms with Crippen molar-refractivity contribution < 1.29 is 14.7 Å². The Morgan fingerprint density at radius 1 is 1.48 bits per heavy atom. The summed E-state index contributed by atoms with van der Waals surface area (Å²) in [6, 6.07) is 0.310. The summed E-state index contributed by atoms with van der Waals surface area (Å²) < 4.78 is 0. The lowest BCUT2D eigenvalue weighted by Gasteiger charge is -2.25. The fourth-order valence-corrected chi connectivity index (χ4v) is 3.43. The Bertz CT molecular complexity index is 454. The van der Waals surface area contributed by atoms with E-state index in [-0.39, 0.29) is 11.9 Å². The van der Waals surface area contributed by atoms with Crippen LogP contribution in [0.5, 0.6) is 0 Å². The molecule has 0 radical (unpaired) electrons. The molecule has 1 aliphatic carbocycles. The number of nitrogens with one attached hydrogen (secondary N) is 1. The van der Waals surface area contributed by atoms with E-state index >= 15 is 0 Å². The Balaban J connectivity index is 1.52. The van der Waals surface area contributed by atoms with Gasteiger partial charge < -0.3 is 15.3 Å². The first-order valence-electron chi connectivity index (χ1n) is 7.62. The molecule has 2 aliphatic heterocycles. The van der Waals surface area contributed by atoms with Gasteiger partial charge in [0.1, 0.15) is 5.54 Å². The lowest BCUT2D eigenvalue weighted by atomic mass is 9.99. The third-order valence-electron chi connectivity index (χ3n) is 4.85. The summed E-state index contributed by atoms with van der Waals surface area (Å²) in [6.07, 6.45) is 2.65. The van der Waals surface area contributed by atoms with Gasteiger partial charge in [-0.1, -0.05) is 0 Å². The number of likely N-dealkylation sites (tertiary alicyclic amines) is 1. The van der Waals surface area contributed by atoms with E-state index in [1.54, 1.807) is 0 Å². The minimum absolute atomic E-state index is 0.153. The highest BCUT2D eigenvalue weighted by atomic mass is 16.3. The zero-order chi connectivity index (χ0) is 15.2. The van der Waals surface area contributed by atoms with Crippen LogP contribution in [0.4, 0.5) is 4.79 Å². The molecule has 1 saturated carbocycles. The van der Waals surface area contributed by atoms with Gasteiger partial charge in [0.05, 0.1) is 6.10 Å². The van der Waals surface area contributed by atoms with Gasteiger partial charge in [0.25, 0.3) is 5.91 Å². The predicted octanol–water partition coefficient (Wildman–Crippen LogP) is -0.932. The van der Waals surface area contributed by atoms with Crippen LogP contribution in [0.3, 0.4) is 0 Å². The normalized spacial score (nSPS) is 31.5. The zero-order valence-electron chi connectivity index (χ0n) is 12.7. The molecule has 2 unspecified atom stereocenters. The van der Waals surface area contributed by atoms with Crippen LogP contribution in [0, 0.1) is 0 Å². The molecule has 3 amide bonds. The number of amides is 3. The summed E-state index contributed by atoms with van der Waals surface area (Å²) in [5.74, 6) is -0.153. The van der Waals surface area contributed by atoms with E-state index in [4.69, 9.17) is 0 Å². The zero-order valence-corrected chi connectivity index (χ0v) is 12.7. The number of hydrogen-bond acceptors (Lipinski definition) is 5. The lowest BCUT2D eigenvalue weighted by molar-refractivity contribution is -0.130. The molecule has 3 fully saturated rings. The molecule has 3 rings (SSSR count). The van der Waals surface area contributed by atoms with Crippen molar-refractivity contribution in [1.29, 1.82) is 0 Å². The topological polar surface area (TPSA) is 76.1 Å². The number of rotatable bonds is 5. The number of aliphatic hydroxyl groups excluding tert-OH is 1. The molecule has 0 aromatic carbocycles. The first-order valence-corrected chi connectivity index (χ1v) is 7.62. The molecule has 21 heavy (non-hydrogen) atoms. The molecule has 118 valence electrons. The monoisotopic (exact) mass is 296 g/mol. The second-order valence-electron chi connectivity index (χ2n) is 6.69. The van der Waals surface area contributed by atoms with Gasteiger partial charge in [-0.05, 0) is 26.3 Å². The van der Waals surface area contributed by atoms with Gasteiger partial charge in [-0.15, -0.1) is 0 Å². The SMILES string of the molecule is CN1C(=O)NC2(CCN(CC(O)CN(C)C3CC3)C2)C1=O. The van der Waals surface area contributed by atoms with E-state index in [1.807, 2.05) is 7.05 Å². The molecule has 1 spiro atoms. The fraction of sp³-hybridized carbons (Fsp3) is 0.857. The van der Waals surface area contributed by atoms with Gasteiger partial charge in [-0.25, -0.2) is 4.79 Å². The van der Waals surface area contributed by atoms with Gasteiger partial charge in [0.15, 0.2) is 0 Å². The van der Waals surface area contributed by atoms with Gasteiger partial charge >= 0.3 is 6.03 Å². The first kappa shape index (κ1) is 14.7. The van der Waals surface area contributed by atoms with Crippen molar-refractivity contribution in [2.45, 2.75) is 36.9 Å². The first-order chi connectivity index (χ1) is 9.91. The number of carbonyl (C=O) groups excluding carboxylic acids is 2. The van der Waals surface area contributed by atoms with Crippen molar-refractivity contribution in [3.63, 3.8) is 0 Å². The highest BCUT2D eigenvalue weighted by molar-refractivity contribution is 6.07. The van der Waals surface area contributed by atoms with E-state index in [9.17, 15) is 14.7 Å². The van der Waals surface area contributed by atoms with Crippen LogP contribution in [0.15, 0.2) is 0 Å². The Morgan fingerprint density at radius 3 is 2.76 bits per heavy atom. The number of nitrogens with zero attached hydrogens (tertiary/aromatic N) is 3. The summed E-state index contributed by atoms with van der Waals surface area (Å²) in [5, 5.41) is 13.0. The summed E-state index contributed by atoms with van der Waals surface area (Å²) in [4.78, 5) is 29.2. The number of hydrogen-bond donors (Lipinski definition) is 2. The van der Waals surface area contributed by atoms with E-state index in [2.05, 4.69) is 15.1 Å². The lowest BCUT2D eigenvalue weighted by Crippen LogP contribution is -2.50. The maximum absolute atomic E-state index is 12.2. The van der Waals surface area contributed by atoms with Crippen molar-refractivity contribution in [1.82, 2.24) is 20.0 Å². The summed E-state index contributed by atoms with van der Waals surface area (Å²) >= 11 is 0. The molecule has 2 heterocycles. The van der Waals surface area contributed by atoms with E-state index in [1.165, 1.54) is 19.9 Å². The highest BCUT2D eigenvalue weighted by Gasteiger charge is 2.53. The molecule has 0 aromatic rings. The van der Waals surface area contributed by atoms with Crippen LogP contribution >= 0.6 is 0 Å². The third-order valence-corrected chi connectivity index (χ3v) is 4.85. The summed E-state index contributed by atoms with van der Waals surface area (Å²) in [6.45, 7) is 2.43. The van der Waals surface area contributed by atoms with Gasteiger partial charge in [0.2, 0.25) is 0 Å². The molecule has 2 N–H and O–H groups in total. The van der Waals surface area contributed by atoms with Gasteiger partial charge in [-0.2, -0.15) is 0 Å². The average Bonchev–Trinajstić information content (AvgIpc) is 3.17. The maximum Gasteiger partial charge on any atom is 0.324 e. The molecular weight excluding hydrogens is 272 g/mol. The molecule has 7 heteroatoms. The maximum atomic E-state index is 12.2. The average molecular weight is 296 g/mol. The molecule has 0 bridgehead atoms. The number of urea groups is 1. The van der Waals surface area contributed by atoms with Gasteiger partial charge in [-0.3, -0.25) is 14.6 Å². The third kappa shape index (κ3) is 2.77. The summed E-state index contributed by atoms with van der Waals surface area (Å²) in [5.41, 5.74) is -0.770. The van der Waals surface area contributed by atoms with Crippen LogP contribution in [0.25, 0.3) is 0 Å². The van der Waals surface area contributed by atoms with E-state index in [0.717, 1.165) is 11.4 Å². The number of β-amino-alcohol motifs (C(OH)–C–C–N with tert-alkyl or cyclic N) is 1. The van der Waals surface area contributed by atoms with Gasteiger partial charge in [0, 0.05) is 39.3 Å². The largest absolute Gasteiger partial charge is 0.390 e. The molecule has 3 aliphatic rings. The summed E-state index contributed by atoms with van der Waals surface area (Å²) in [7, 11) is 3.55. The fourth-order valence-electron chi connectivity index (χ4n) is 3.43. The molecule has 2 atom stereocenters. The van der Waals surface area contributed by atoms with Crippen molar-refractivity contribution >= 4 is 11.9 Å². The molecule has 7 nitrogen and oxygen atoms in total. The Kier molecular flexibility index (Phi) is 3.67. The van der Waals surface area contributed by atoms with Crippen LogP contribution in [-0.2, 0) is 4.79 Å². The van der Waals surface area contributed by atoms with Crippen LogP contribution < -0.4 is 5.32 Å². The molecule has 0 aromatic heterocycles. The molecular formula is C14H24N4O3. The number of aliphatic hydroxyl groups is 1. The van der Waals surface area contributed by atoms with E-state index in [0.29, 0.717) is 32.1 Å². The minimum Gasteiger partial charge on any atom is -0.390 e. The standard InChI is InChI=1S/C14H24N4O3/c1-16(10-3-4-10)7-11(19)8-18-6-5-14(9-18)12(20)17(2)13(21)15-14/h10-11,19H,3-9H2,1-2H3,(H,15,21). The number of likely N-dealkylation sites (N-methyl/N-ethyl adjacent to an activating group) is 2. The smallest absolute Gasteiger partial charge is 0.324 e. The molecule has 2 saturated heterocycles. The predicted molar refractivity (Wildman–Crippen MR) is 76.7 cm³/mol. The highest BCUT2D eigenvalue weighted by Crippen LogP contribution is 2.28. The van der Waals surface area contributed by atoms with Crippen LogP contribution in [0.2, 0.25) is 0 Å². The van der Waals surface area contributed by atoms with Crippen LogP contribution in [-0.4, -0.2) is 89.7 Å². The Hall–Kier alpha value is -1.18. The number of carbonyl (C=O) groups is 2. The Labute approximate surface area is 124 Å². The van der Waals surface area contributed by atoms with E-state index < -0.39 is 11.6 Å². The second kappa shape index (κ2) is 5.23. The quantitative estimate of drug-likeness (QED) is 0.641. The second-order valence-corrected chi connectivity index (χ2v) is 6.69. The Morgan fingerprint density at radius 2 is 2.19 bits per heavy atom. The number of imide groups is 1. The van der Waals surface area contributed by atoms with Crippen LogP contribution in [0.1, 0.15) is 19.3 Å². The van der Waals surface area contributed by atoms with Crippen molar-refractivity contribution in [3.05, 3.63) is 0 Å². The van der Waals surface area contributed by atoms with Crippen molar-refractivity contribution in [2.75, 3.05) is 40.3 Å². The van der Waals surface area contributed by atoms with Crippen molar-refractivity contribution in [2.24, 2.45) is 0 Å². The minimum atomic E-state index is -0.770. The van der Waals surface area contributed by atoms with Crippen molar-refractivity contribution in [3.8, 4) is 0 Å².